The predicted octanol–water partition coefficient (Wildman–Crippen LogP) is 3.53. The third kappa shape index (κ3) is 5.58. The van der Waals surface area contributed by atoms with Crippen molar-refractivity contribution in [2.24, 2.45) is 11.0 Å². The van der Waals surface area contributed by atoms with Crippen LogP contribution in [-0.4, -0.2) is 18.2 Å². The summed E-state index contributed by atoms with van der Waals surface area (Å²) < 4.78 is 5.38. The first-order valence-corrected chi connectivity index (χ1v) is 7.80. The lowest BCUT2D eigenvalue weighted by Gasteiger charge is -2.22. The van der Waals surface area contributed by atoms with Gasteiger partial charge in [-0.2, -0.15) is 5.10 Å². The maximum absolute atomic E-state index is 11.7. The van der Waals surface area contributed by atoms with Gasteiger partial charge in [0.25, 0.3) is 5.91 Å². The number of carbonyl (C=O) groups excluding carboxylic acids is 1. The average molecular weight is 288 g/mol. The van der Waals surface area contributed by atoms with Gasteiger partial charge in [-0.1, -0.05) is 38.0 Å². The van der Waals surface area contributed by atoms with Gasteiger partial charge in [-0.15, -0.1) is 0 Å². The molecular formula is C17H24N2O2. The van der Waals surface area contributed by atoms with E-state index in [9.17, 15) is 4.79 Å². The van der Waals surface area contributed by atoms with E-state index < -0.39 is 0 Å². The van der Waals surface area contributed by atoms with Crippen LogP contribution in [0.2, 0.25) is 0 Å². The first kappa shape index (κ1) is 15.5. The van der Waals surface area contributed by atoms with Gasteiger partial charge in [0, 0.05) is 5.71 Å². The maximum Gasteiger partial charge on any atom is 0.277 e. The lowest BCUT2D eigenvalue weighted by Crippen LogP contribution is -2.26. The van der Waals surface area contributed by atoms with Crippen molar-refractivity contribution in [3.8, 4) is 5.75 Å². The van der Waals surface area contributed by atoms with Gasteiger partial charge < -0.3 is 4.74 Å². The van der Waals surface area contributed by atoms with Crippen LogP contribution in [0.1, 0.15) is 45.4 Å². The van der Waals surface area contributed by atoms with E-state index in [-0.39, 0.29) is 12.5 Å². The number of carbonyl (C=O) groups is 1. The van der Waals surface area contributed by atoms with Gasteiger partial charge in [-0.05, 0) is 43.7 Å². The molecule has 0 heterocycles. The van der Waals surface area contributed by atoms with Crippen LogP contribution in [0.5, 0.6) is 5.75 Å². The molecule has 0 aliphatic heterocycles. The van der Waals surface area contributed by atoms with Crippen molar-refractivity contribution in [3.05, 3.63) is 30.3 Å². The first-order valence-electron chi connectivity index (χ1n) is 7.80. The minimum Gasteiger partial charge on any atom is -0.484 e. The van der Waals surface area contributed by atoms with E-state index >= 15 is 0 Å². The fraction of sp³-hybridized carbons (Fsp3) is 0.529. The SMILES string of the molecule is CCCC1CCC(=NNC(=O)COc2ccccc2)CC1. The molecule has 1 aromatic rings. The van der Waals surface area contributed by atoms with E-state index in [1.54, 1.807) is 0 Å². The number of hydrogen-bond acceptors (Lipinski definition) is 3. The van der Waals surface area contributed by atoms with Crippen molar-refractivity contribution in [1.29, 1.82) is 0 Å². The second kappa shape index (κ2) is 8.45. The molecule has 0 atom stereocenters. The van der Waals surface area contributed by atoms with Gasteiger partial charge in [0.2, 0.25) is 0 Å². The van der Waals surface area contributed by atoms with Crippen LogP contribution >= 0.6 is 0 Å². The lowest BCUT2D eigenvalue weighted by molar-refractivity contribution is -0.123. The molecule has 0 bridgehead atoms. The van der Waals surface area contributed by atoms with Crippen molar-refractivity contribution < 1.29 is 9.53 Å². The zero-order valence-corrected chi connectivity index (χ0v) is 12.7. The zero-order chi connectivity index (χ0) is 14.9. The van der Waals surface area contributed by atoms with Crippen molar-refractivity contribution in [3.63, 3.8) is 0 Å². The standard InChI is InChI=1S/C17H24N2O2/c1-2-6-14-9-11-15(12-10-14)18-19-17(20)13-21-16-7-4-3-5-8-16/h3-5,7-8,14H,2,6,9-13H2,1H3,(H,19,20). The van der Waals surface area contributed by atoms with Crippen molar-refractivity contribution in [1.82, 2.24) is 5.43 Å². The fourth-order valence-corrected chi connectivity index (χ4v) is 2.66. The van der Waals surface area contributed by atoms with E-state index in [0.717, 1.165) is 24.5 Å². The third-order valence-corrected chi connectivity index (χ3v) is 3.83. The molecule has 1 saturated carbocycles. The summed E-state index contributed by atoms with van der Waals surface area (Å²) in [5.74, 6) is 1.33. The average Bonchev–Trinajstić information content (AvgIpc) is 2.53. The van der Waals surface area contributed by atoms with Gasteiger partial charge in [-0.25, -0.2) is 5.43 Å². The van der Waals surface area contributed by atoms with Gasteiger partial charge in [0.05, 0.1) is 0 Å². The minimum absolute atomic E-state index is 0.000741. The molecule has 114 valence electrons. The number of nitrogens with one attached hydrogen (secondary N) is 1. The Morgan fingerprint density at radius 1 is 1.29 bits per heavy atom. The van der Waals surface area contributed by atoms with Crippen LogP contribution in [0.3, 0.4) is 0 Å². The van der Waals surface area contributed by atoms with Crippen LogP contribution < -0.4 is 10.2 Å². The van der Waals surface area contributed by atoms with Crippen LogP contribution in [0.4, 0.5) is 0 Å². The van der Waals surface area contributed by atoms with E-state index in [2.05, 4.69) is 17.5 Å². The second-order valence-corrected chi connectivity index (χ2v) is 5.55. The molecule has 4 nitrogen and oxygen atoms in total. The highest BCUT2D eigenvalue weighted by molar-refractivity contribution is 5.87. The molecule has 4 heteroatoms. The number of hydrogen-bond donors (Lipinski definition) is 1. The number of ether oxygens (including phenoxy) is 1. The topological polar surface area (TPSA) is 50.7 Å². The molecule has 1 N–H and O–H groups in total. The molecule has 0 aromatic heterocycles. The Labute approximate surface area is 126 Å². The number of amides is 1. The molecule has 1 fully saturated rings. The monoisotopic (exact) mass is 288 g/mol. The molecule has 0 radical (unpaired) electrons. The summed E-state index contributed by atoms with van der Waals surface area (Å²) >= 11 is 0. The molecule has 2 rings (SSSR count). The number of hydrazone groups is 1. The summed E-state index contributed by atoms with van der Waals surface area (Å²) in [6.45, 7) is 2.23. The van der Waals surface area contributed by atoms with Crippen LogP contribution in [0.15, 0.2) is 35.4 Å². The molecule has 21 heavy (non-hydrogen) atoms. The summed E-state index contributed by atoms with van der Waals surface area (Å²) in [5.41, 5.74) is 3.70. The molecule has 1 amide bonds. The van der Waals surface area contributed by atoms with Gasteiger partial charge >= 0.3 is 0 Å². The summed E-state index contributed by atoms with van der Waals surface area (Å²) in [6.07, 6.45) is 6.97. The Morgan fingerprint density at radius 2 is 2.00 bits per heavy atom. The highest BCUT2D eigenvalue weighted by Crippen LogP contribution is 2.25. The van der Waals surface area contributed by atoms with Crippen LogP contribution in [0.25, 0.3) is 0 Å². The van der Waals surface area contributed by atoms with Crippen LogP contribution in [-0.2, 0) is 4.79 Å². The smallest absolute Gasteiger partial charge is 0.277 e. The maximum atomic E-state index is 11.7. The molecular weight excluding hydrogens is 264 g/mol. The molecule has 1 aromatic carbocycles. The second-order valence-electron chi connectivity index (χ2n) is 5.55. The Kier molecular flexibility index (Phi) is 6.25. The van der Waals surface area contributed by atoms with E-state index in [4.69, 9.17) is 4.74 Å². The molecule has 1 aliphatic rings. The normalized spacial score (nSPS) is 18.1. The van der Waals surface area contributed by atoms with E-state index in [1.165, 1.54) is 25.7 Å². The lowest BCUT2D eigenvalue weighted by atomic mass is 9.85. The van der Waals surface area contributed by atoms with Gasteiger partial charge in [0.1, 0.15) is 5.75 Å². The van der Waals surface area contributed by atoms with Crippen molar-refractivity contribution in [2.45, 2.75) is 45.4 Å². The Hall–Kier alpha value is -1.84. The Morgan fingerprint density at radius 3 is 2.67 bits per heavy atom. The number of nitrogens with zero attached hydrogens (tertiary/aromatic N) is 1. The summed E-state index contributed by atoms with van der Waals surface area (Å²) in [4.78, 5) is 11.7. The quantitative estimate of drug-likeness (QED) is 0.814. The summed E-state index contributed by atoms with van der Waals surface area (Å²) in [6, 6.07) is 9.32. The van der Waals surface area contributed by atoms with Crippen molar-refractivity contribution >= 4 is 11.6 Å². The van der Waals surface area contributed by atoms with Gasteiger partial charge in [-0.3, -0.25) is 4.79 Å². The highest BCUT2D eigenvalue weighted by atomic mass is 16.5. The zero-order valence-electron chi connectivity index (χ0n) is 12.7. The van der Waals surface area contributed by atoms with Crippen LogP contribution in [0, 0.1) is 5.92 Å². The van der Waals surface area contributed by atoms with E-state index in [0.29, 0.717) is 5.75 Å². The molecule has 1 aliphatic carbocycles. The largest absolute Gasteiger partial charge is 0.484 e. The molecule has 0 saturated heterocycles. The summed E-state index contributed by atoms with van der Waals surface area (Å²) in [7, 11) is 0. The Bertz CT molecular complexity index is 461. The van der Waals surface area contributed by atoms with Gasteiger partial charge in [0.15, 0.2) is 6.61 Å². The highest BCUT2D eigenvalue weighted by Gasteiger charge is 2.16. The van der Waals surface area contributed by atoms with Crippen molar-refractivity contribution in [2.75, 3.05) is 6.61 Å². The Balaban J connectivity index is 1.68. The predicted molar refractivity (Wildman–Crippen MR) is 84.4 cm³/mol. The first-order chi connectivity index (χ1) is 10.3. The number of rotatable bonds is 6. The molecule has 0 unspecified atom stereocenters. The number of para-hydroxylation sites is 1. The minimum atomic E-state index is -0.206. The fourth-order valence-electron chi connectivity index (χ4n) is 2.66. The summed E-state index contributed by atoms with van der Waals surface area (Å²) in [5, 5.41) is 4.23. The third-order valence-electron chi connectivity index (χ3n) is 3.83. The van der Waals surface area contributed by atoms with E-state index in [1.807, 2.05) is 30.3 Å². The molecule has 0 spiro atoms. The number of benzene rings is 1.